The van der Waals surface area contributed by atoms with Crippen molar-refractivity contribution < 1.29 is 4.79 Å². The molecule has 0 N–H and O–H groups in total. The smallest absolute Gasteiger partial charge is 0.232 e. The molecule has 0 aliphatic rings. The van der Waals surface area contributed by atoms with Crippen LogP contribution in [0, 0.1) is 5.41 Å². The van der Waals surface area contributed by atoms with Crippen molar-refractivity contribution in [2.45, 2.75) is 47.1 Å². The molecule has 0 spiro atoms. The summed E-state index contributed by atoms with van der Waals surface area (Å²) in [6, 6.07) is 10.1. The van der Waals surface area contributed by atoms with Gasteiger partial charge in [-0.25, -0.2) is 0 Å². The predicted octanol–water partition coefficient (Wildman–Crippen LogP) is 3.86. The fourth-order valence-corrected chi connectivity index (χ4v) is 1.72. The van der Waals surface area contributed by atoms with Gasteiger partial charge in [0.2, 0.25) is 5.91 Å². The topological polar surface area (TPSA) is 20.3 Å². The van der Waals surface area contributed by atoms with Gasteiger partial charge in [0.25, 0.3) is 0 Å². The highest BCUT2D eigenvalue weighted by atomic mass is 16.2. The maximum absolute atomic E-state index is 12.6. The lowest BCUT2D eigenvalue weighted by atomic mass is 9.88. The molecule has 1 aromatic carbocycles. The van der Waals surface area contributed by atoms with Crippen molar-refractivity contribution in [3.05, 3.63) is 30.3 Å². The van der Waals surface area contributed by atoms with Gasteiger partial charge in [0, 0.05) is 17.1 Å². The zero-order chi connectivity index (χ0) is 13.1. The van der Waals surface area contributed by atoms with Gasteiger partial charge < -0.3 is 4.90 Å². The van der Waals surface area contributed by atoms with Gasteiger partial charge in [-0.1, -0.05) is 39.0 Å². The Balaban J connectivity index is 3.08. The Morgan fingerprint density at radius 2 is 1.76 bits per heavy atom. The second-order valence-electron chi connectivity index (χ2n) is 5.34. The van der Waals surface area contributed by atoms with Crippen molar-refractivity contribution in [3.63, 3.8) is 0 Å². The lowest BCUT2D eigenvalue weighted by molar-refractivity contribution is -0.127. The Morgan fingerprint density at radius 1 is 1.24 bits per heavy atom. The van der Waals surface area contributed by atoms with Gasteiger partial charge in [-0.05, 0) is 32.4 Å². The van der Waals surface area contributed by atoms with E-state index in [-0.39, 0.29) is 17.4 Å². The Labute approximate surface area is 105 Å². The van der Waals surface area contributed by atoms with Crippen molar-refractivity contribution in [2.24, 2.45) is 5.41 Å². The van der Waals surface area contributed by atoms with Gasteiger partial charge in [0.1, 0.15) is 0 Å². The first kappa shape index (κ1) is 13.8. The van der Waals surface area contributed by atoms with Crippen LogP contribution in [-0.4, -0.2) is 11.9 Å². The molecule has 94 valence electrons. The van der Waals surface area contributed by atoms with Gasteiger partial charge in [0.05, 0.1) is 0 Å². The number of carbonyl (C=O) groups excluding carboxylic acids is 1. The molecule has 0 saturated heterocycles. The quantitative estimate of drug-likeness (QED) is 0.773. The highest BCUT2D eigenvalue weighted by Gasteiger charge is 2.32. The molecule has 0 heterocycles. The summed E-state index contributed by atoms with van der Waals surface area (Å²) >= 11 is 0. The van der Waals surface area contributed by atoms with E-state index in [0.29, 0.717) is 0 Å². The maximum atomic E-state index is 12.6. The third-order valence-corrected chi connectivity index (χ3v) is 3.23. The van der Waals surface area contributed by atoms with Gasteiger partial charge >= 0.3 is 0 Å². The molecule has 2 nitrogen and oxygen atoms in total. The molecule has 1 amide bonds. The summed E-state index contributed by atoms with van der Waals surface area (Å²) in [6.45, 7) is 10.2. The number of nitrogens with zero attached hydrogens (tertiary/aromatic N) is 1. The van der Waals surface area contributed by atoms with Crippen LogP contribution in [-0.2, 0) is 4.79 Å². The summed E-state index contributed by atoms with van der Waals surface area (Å²) in [4.78, 5) is 14.5. The average Bonchev–Trinajstić information content (AvgIpc) is 2.30. The van der Waals surface area contributed by atoms with Gasteiger partial charge in [-0.3, -0.25) is 4.79 Å². The Kier molecular flexibility index (Phi) is 4.33. The molecule has 1 rings (SSSR count). The molecule has 0 aliphatic heterocycles. The third kappa shape index (κ3) is 3.09. The van der Waals surface area contributed by atoms with Crippen molar-refractivity contribution >= 4 is 11.6 Å². The molecule has 17 heavy (non-hydrogen) atoms. The number of para-hydroxylation sites is 1. The van der Waals surface area contributed by atoms with Gasteiger partial charge in [-0.15, -0.1) is 0 Å². The zero-order valence-electron chi connectivity index (χ0n) is 11.5. The van der Waals surface area contributed by atoms with Crippen molar-refractivity contribution in [1.29, 1.82) is 0 Å². The number of anilines is 1. The van der Waals surface area contributed by atoms with Crippen molar-refractivity contribution in [1.82, 2.24) is 0 Å². The summed E-state index contributed by atoms with van der Waals surface area (Å²) in [5.41, 5.74) is 0.675. The molecule has 0 bridgehead atoms. The average molecular weight is 233 g/mol. The number of carbonyl (C=O) groups is 1. The highest BCUT2D eigenvalue weighted by Crippen LogP contribution is 2.28. The summed E-state index contributed by atoms with van der Waals surface area (Å²) in [5, 5.41) is 0. The second kappa shape index (κ2) is 5.35. The Bertz CT molecular complexity index is 368. The fraction of sp³-hybridized carbons (Fsp3) is 0.533. The number of hydrogen-bond acceptors (Lipinski definition) is 1. The van der Waals surface area contributed by atoms with Crippen LogP contribution < -0.4 is 4.90 Å². The van der Waals surface area contributed by atoms with Crippen molar-refractivity contribution in [3.8, 4) is 0 Å². The van der Waals surface area contributed by atoms with E-state index in [9.17, 15) is 4.79 Å². The van der Waals surface area contributed by atoms with Crippen LogP contribution in [0.5, 0.6) is 0 Å². The number of amides is 1. The Hall–Kier alpha value is -1.31. The summed E-state index contributed by atoms with van der Waals surface area (Å²) in [6.07, 6.45) is 0.849. The number of benzene rings is 1. The third-order valence-electron chi connectivity index (χ3n) is 3.23. The summed E-state index contributed by atoms with van der Waals surface area (Å²) < 4.78 is 0. The molecule has 0 fully saturated rings. The standard InChI is InChI=1S/C15H23NO/c1-6-15(4,5)14(17)16(12(2)3)13-10-8-7-9-11-13/h7-12H,6H2,1-5H3. The Morgan fingerprint density at radius 3 is 2.18 bits per heavy atom. The summed E-state index contributed by atoms with van der Waals surface area (Å²) in [5.74, 6) is 0.196. The molecule has 2 heteroatoms. The molecule has 0 saturated carbocycles. The first-order chi connectivity index (χ1) is 7.90. The SMILES string of the molecule is CCC(C)(C)C(=O)N(c1ccccc1)C(C)C. The van der Waals surface area contributed by atoms with E-state index < -0.39 is 0 Å². The molecule has 0 aromatic heterocycles. The van der Waals surface area contributed by atoms with Crippen LogP contribution >= 0.6 is 0 Å². The first-order valence-corrected chi connectivity index (χ1v) is 6.29. The lowest BCUT2D eigenvalue weighted by Crippen LogP contribution is -2.44. The highest BCUT2D eigenvalue weighted by molar-refractivity contribution is 5.97. The minimum Gasteiger partial charge on any atom is -0.309 e. The minimum atomic E-state index is -0.305. The van der Waals surface area contributed by atoms with Crippen LogP contribution in [0.3, 0.4) is 0 Å². The van der Waals surface area contributed by atoms with Gasteiger partial charge in [0.15, 0.2) is 0 Å². The summed E-state index contributed by atoms with van der Waals surface area (Å²) in [7, 11) is 0. The van der Waals surface area contributed by atoms with Crippen LogP contribution in [0.2, 0.25) is 0 Å². The van der Waals surface area contributed by atoms with E-state index >= 15 is 0 Å². The lowest BCUT2D eigenvalue weighted by Gasteiger charge is -2.34. The largest absolute Gasteiger partial charge is 0.309 e. The van der Waals surface area contributed by atoms with E-state index in [1.165, 1.54) is 0 Å². The molecule has 1 aromatic rings. The normalized spacial score (nSPS) is 11.6. The van der Waals surface area contributed by atoms with E-state index in [1.807, 2.05) is 49.1 Å². The molecule has 0 aliphatic carbocycles. The van der Waals surface area contributed by atoms with E-state index in [4.69, 9.17) is 0 Å². The molecule has 0 atom stereocenters. The van der Waals surface area contributed by atoms with Crippen molar-refractivity contribution in [2.75, 3.05) is 4.90 Å². The van der Waals surface area contributed by atoms with Gasteiger partial charge in [-0.2, -0.15) is 0 Å². The monoisotopic (exact) mass is 233 g/mol. The fourth-order valence-electron chi connectivity index (χ4n) is 1.72. The van der Waals surface area contributed by atoms with Crippen LogP contribution in [0.4, 0.5) is 5.69 Å². The molecule has 0 unspecified atom stereocenters. The maximum Gasteiger partial charge on any atom is 0.232 e. The minimum absolute atomic E-state index is 0.177. The van der Waals surface area contributed by atoms with E-state index in [0.717, 1.165) is 12.1 Å². The number of hydrogen-bond donors (Lipinski definition) is 0. The predicted molar refractivity (Wildman–Crippen MR) is 73.1 cm³/mol. The van der Waals surface area contributed by atoms with E-state index in [1.54, 1.807) is 0 Å². The zero-order valence-corrected chi connectivity index (χ0v) is 11.5. The molecular weight excluding hydrogens is 210 g/mol. The molecule has 0 radical (unpaired) electrons. The van der Waals surface area contributed by atoms with Crippen LogP contribution in [0.25, 0.3) is 0 Å². The van der Waals surface area contributed by atoms with Crippen LogP contribution in [0.1, 0.15) is 41.0 Å². The first-order valence-electron chi connectivity index (χ1n) is 6.29. The van der Waals surface area contributed by atoms with E-state index in [2.05, 4.69) is 20.8 Å². The molecular formula is C15H23NO. The van der Waals surface area contributed by atoms with Crippen LogP contribution in [0.15, 0.2) is 30.3 Å². The number of rotatable bonds is 4. The second-order valence-corrected chi connectivity index (χ2v) is 5.34.